The first-order valence-corrected chi connectivity index (χ1v) is 11.1. The Hall–Kier alpha value is -2.65. The number of hydrogen-bond acceptors (Lipinski definition) is 8. The number of nitrogens with two attached hydrogens (primary N) is 1. The fourth-order valence-electron chi connectivity index (χ4n) is 3.75. The van der Waals surface area contributed by atoms with Crippen molar-refractivity contribution in [2.24, 2.45) is 16.6 Å². The van der Waals surface area contributed by atoms with Crippen molar-refractivity contribution in [1.29, 1.82) is 0 Å². The molecule has 1 saturated heterocycles. The Morgan fingerprint density at radius 1 is 1.39 bits per heavy atom. The average Bonchev–Trinajstić information content (AvgIpc) is 3.15. The van der Waals surface area contributed by atoms with Crippen LogP contribution in [0.1, 0.15) is 45.6 Å². The minimum absolute atomic E-state index is 0.177. The monoisotopic (exact) mass is 428 g/mol. The summed E-state index contributed by atoms with van der Waals surface area (Å²) in [7, 11) is 0. The van der Waals surface area contributed by atoms with Crippen LogP contribution < -0.4 is 21.7 Å². The van der Waals surface area contributed by atoms with Gasteiger partial charge in [0.25, 0.3) is 0 Å². The van der Waals surface area contributed by atoms with E-state index in [1.165, 1.54) is 6.20 Å². The lowest BCUT2D eigenvalue weighted by atomic mass is 9.95. The van der Waals surface area contributed by atoms with Crippen molar-refractivity contribution in [2.45, 2.75) is 52.2 Å². The molecule has 0 aromatic carbocycles. The summed E-state index contributed by atoms with van der Waals surface area (Å²) in [5.74, 6) is 2.09. The Kier molecular flexibility index (Phi) is 7.86. The van der Waals surface area contributed by atoms with Crippen LogP contribution in [-0.4, -0.2) is 63.7 Å². The molecule has 3 rings (SSSR count). The molecule has 170 valence electrons. The second-order valence-electron chi connectivity index (χ2n) is 8.64. The number of nitrogens with zero attached hydrogens (tertiary/aromatic N) is 4. The lowest BCUT2D eigenvalue weighted by Crippen LogP contribution is -2.43. The molecule has 1 aliphatic rings. The molecule has 0 spiro atoms. The van der Waals surface area contributed by atoms with E-state index in [1.807, 2.05) is 36.7 Å². The van der Waals surface area contributed by atoms with Gasteiger partial charge in [0.05, 0.1) is 24.6 Å². The molecule has 31 heavy (non-hydrogen) atoms. The number of β-amino-alcohol motifs (C(OH)–C–C–N with tert-alkyl or cyclic N) is 1. The number of anilines is 2. The fourth-order valence-corrected chi connectivity index (χ4v) is 3.75. The highest BCUT2D eigenvalue weighted by Gasteiger charge is 2.23. The van der Waals surface area contributed by atoms with Crippen LogP contribution in [0.25, 0.3) is 5.65 Å². The van der Waals surface area contributed by atoms with Gasteiger partial charge in [0.15, 0.2) is 5.65 Å². The molecule has 0 radical (unpaired) electrons. The molecular formula is C22H36N8O. The van der Waals surface area contributed by atoms with Gasteiger partial charge in [-0.3, -0.25) is 4.99 Å². The number of rotatable bonds is 9. The standard InChI is InChI=1S/C22H36N8O/c1-14(2)18-12-27-30-21(26-11-17(5-7-23)28-15(3)4)9-20(29-22(18)30)25-10-16-6-8-24-13-19(16)31/h5,7,9,12,14-16,19,24,26,31H,6,8,10-11,13,23H2,1-4H3,(H,25,29)/t16-,19+/m1/s1. The maximum Gasteiger partial charge on any atom is 0.163 e. The summed E-state index contributed by atoms with van der Waals surface area (Å²) in [4.78, 5) is 9.44. The normalized spacial score (nSPS) is 20.3. The SMILES string of the molecule is CC(C)N=C(C=CN)CNc1cc(NC[C@H]2CCNC[C@@H]2O)nc2c(C(C)C)cnn12. The molecule has 2 atom stereocenters. The van der Waals surface area contributed by atoms with E-state index in [1.54, 1.807) is 0 Å². The van der Waals surface area contributed by atoms with Crippen LogP contribution in [0.2, 0.25) is 0 Å². The first kappa shape index (κ1) is 23.0. The van der Waals surface area contributed by atoms with Crippen molar-refractivity contribution in [3.05, 3.63) is 30.1 Å². The zero-order valence-electron chi connectivity index (χ0n) is 19.0. The largest absolute Gasteiger partial charge is 0.405 e. The average molecular weight is 429 g/mol. The number of fused-ring (bicyclic) bond motifs is 1. The predicted octanol–water partition coefficient (Wildman–Crippen LogP) is 1.97. The molecule has 3 heterocycles. The zero-order chi connectivity index (χ0) is 22.4. The van der Waals surface area contributed by atoms with Gasteiger partial charge in [-0.05, 0) is 45.0 Å². The topological polar surface area (TPSA) is 125 Å². The summed E-state index contributed by atoms with van der Waals surface area (Å²) < 4.78 is 1.83. The zero-order valence-corrected chi connectivity index (χ0v) is 19.0. The number of nitrogens with one attached hydrogen (secondary N) is 3. The van der Waals surface area contributed by atoms with E-state index >= 15 is 0 Å². The second-order valence-corrected chi connectivity index (χ2v) is 8.64. The second kappa shape index (κ2) is 10.6. The highest BCUT2D eigenvalue weighted by molar-refractivity contribution is 5.98. The Balaban J connectivity index is 1.86. The van der Waals surface area contributed by atoms with E-state index in [4.69, 9.17) is 10.7 Å². The van der Waals surface area contributed by atoms with Crippen LogP contribution in [-0.2, 0) is 0 Å². The van der Waals surface area contributed by atoms with Crippen molar-refractivity contribution in [1.82, 2.24) is 19.9 Å². The minimum atomic E-state index is -0.346. The first-order valence-electron chi connectivity index (χ1n) is 11.1. The maximum absolute atomic E-state index is 10.2. The van der Waals surface area contributed by atoms with Gasteiger partial charge in [-0.1, -0.05) is 13.8 Å². The van der Waals surface area contributed by atoms with Gasteiger partial charge >= 0.3 is 0 Å². The maximum atomic E-state index is 10.2. The van der Waals surface area contributed by atoms with Crippen molar-refractivity contribution in [3.8, 4) is 0 Å². The molecule has 0 aliphatic carbocycles. The summed E-state index contributed by atoms with van der Waals surface area (Å²) in [5.41, 5.74) is 8.38. The Morgan fingerprint density at radius 2 is 2.19 bits per heavy atom. The van der Waals surface area contributed by atoms with Gasteiger partial charge in [-0.2, -0.15) is 9.61 Å². The third kappa shape index (κ3) is 5.95. The molecule has 0 amide bonds. The van der Waals surface area contributed by atoms with E-state index in [2.05, 4.69) is 39.9 Å². The van der Waals surface area contributed by atoms with Crippen molar-refractivity contribution in [2.75, 3.05) is 36.8 Å². The van der Waals surface area contributed by atoms with Crippen LogP contribution in [0.15, 0.2) is 29.5 Å². The van der Waals surface area contributed by atoms with E-state index in [-0.39, 0.29) is 18.1 Å². The number of aliphatic hydroxyl groups excluding tert-OH is 1. The first-order chi connectivity index (χ1) is 14.9. The van der Waals surface area contributed by atoms with Gasteiger partial charge < -0.3 is 26.8 Å². The van der Waals surface area contributed by atoms with Crippen LogP contribution in [0.3, 0.4) is 0 Å². The highest BCUT2D eigenvalue weighted by atomic mass is 16.3. The van der Waals surface area contributed by atoms with Crippen LogP contribution >= 0.6 is 0 Å². The van der Waals surface area contributed by atoms with Gasteiger partial charge in [-0.25, -0.2) is 4.98 Å². The van der Waals surface area contributed by atoms with Crippen LogP contribution in [0.4, 0.5) is 11.6 Å². The van der Waals surface area contributed by atoms with Crippen molar-refractivity contribution >= 4 is 23.0 Å². The number of piperidine rings is 1. The summed E-state index contributed by atoms with van der Waals surface area (Å²) in [6, 6.07) is 2.13. The lowest BCUT2D eigenvalue weighted by molar-refractivity contribution is 0.0883. The molecule has 0 bridgehead atoms. The summed E-state index contributed by atoms with van der Waals surface area (Å²) in [5, 5.41) is 24.9. The molecule has 2 aromatic heterocycles. The summed E-state index contributed by atoms with van der Waals surface area (Å²) >= 11 is 0. The summed E-state index contributed by atoms with van der Waals surface area (Å²) in [6.45, 7) is 11.1. The van der Waals surface area contributed by atoms with E-state index in [0.29, 0.717) is 25.6 Å². The van der Waals surface area contributed by atoms with Crippen molar-refractivity contribution < 1.29 is 5.11 Å². The molecule has 0 unspecified atom stereocenters. The number of aromatic nitrogens is 3. The summed E-state index contributed by atoms with van der Waals surface area (Å²) in [6.07, 6.45) is 5.79. The number of hydrogen-bond donors (Lipinski definition) is 5. The third-order valence-electron chi connectivity index (χ3n) is 5.42. The molecule has 1 aliphatic heterocycles. The molecule has 6 N–H and O–H groups in total. The Labute approximate surface area is 184 Å². The quantitative estimate of drug-likeness (QED) is 0.387. The molecule has 1 fully saturated rings. The Bertz CT molecular complexity index is 918. The third-order valence-corrected chi connectivity index (χ3v) is 5.42. The van der Waals surface area contributed by atoms with E-state index in [0.717, 1.165) is 41.5 Å². The predicted molar refractivity (Wildman–Crippen MR) is 127 cm³/mol. The fraction of sp³-hybridized carbons (Fsp3) is 0.591. The molecule has 9 heteroatoms. The van der Waals surface area contributed by atoms with Crippen molar-refractivity contribution in [3.63, 3.8) is 0 Å². The molecule has 9 nitrogen and oxygen atoms in total. The minimum Gasteiger partial charge on any atom is -0.405 e. The smallest absolute Gasteiger partial charge is 0.163 e. The van der Waals surface area contributed by atoms with Crippen LogP contribution in [0, 0.1) is 5.92 Å². The van der Waals surface area contributed by atoms with Gasteiger partial charge in [0, 0.05) is 36.7 Å². The van der Waals surface area contributed by atoms with Gasteiger partial charge in [-0.15, -0.1) is 0 Å². The van der Waals surface area contributed by atoms with Gasteiger partial charge in [0.1, 0.15) is 11.6 Å². The molecule has 2 aromatic rings. The van der Waals surface area contributed by atoms with Gasteiger partial charge in [0.2, 0.25) is 0 Å². The van der Waals surface area contributed by atoms with E-state index in [9.17, 15) is 5.11 Å². The number of aliphatic hydroxyl groups is 1. The lowest BCUT2D eigenvalue weighted by Gasteiger charge is -2.28. The van der Waals surface area contributed by atoms with Crippen LogP contribution in [0.5, 0.6) is 0 Å². The molecule has 0 saturated carbocycles. The molecular weight excluding hydrogens is 392 g/mol. The van der Waals surface area contributed by atoms with E-state index < -0.39 is 0 Å². The highest BCUT2D eigenvalue weighted by Crippen LogP contribution is 2.24. The number of aliphatic imine (C=N–C) groups is 1. The Morgan fingerprint density at radius 3 is 2.87 bits per heavy atom.